The van der Waals surface area contributed by atoms with Crippen LogP contribution >= 0.6 is 11.6 Å². The molecule has 1 saturated heterocycles. The van der Waals surface area contributed by atoms with Crippen molar-refractivity contribution in [1.29, 1.82) is 5.26 Å². The van der Waals surface area contributed by atoms with Crippen molar-refractivity contribution >= 4 is 23.2 Å². The highest BCUT2D eigenvalue weighted by molar-refractivity contribution is 6.32. The van der Waals surface area contributed by atoms with Crippen LogP contribution in [0.4, 0.5) is 10.1 Å². The van der Waals surface area contributed by atoms with Crippen molar-refractivity contribution in [3.05, 3.63) is 64.4 Å². The standard InChI is InChI=1S/C23H25ClFN3O/c1-23(2,3)15-27-14-19(11-22(27)29)28(13-17-6-4-5-7-21(17)25)18-9-8-16(12-26)20(24)10-18/h4-10,19H,11,13-15H2,1-3H3/t19-/m0/s1. The Morgan fingerprint density at radius 1 is 1.28 bits per heavy atom. The van der Waals surface area contributed by atoms with Gasteiger partial charge in [0.1, 0.15) is 11.9 Å². The first-order chi connectivity index (χ1) is 13.7. The molecule has 0 bridgehead atoms. The minimum Gasteiger partial charge on any atom is -0.362 e. The molecule has 152 valence electrons. The second-order valence-corrected chi connectivity index (χ2v) is 9.10. The minimum atomic E-state index is -0.284. The van der Waals surface area contributed by atoms with Crippen molar-refractivity contribution in [2.75, 3.05) is 18.0 Å². The highest BCUT2D eigenvalue weighted by Gasteiger charge is 2.35. The second-order valence-electron chi connectivity index (χ2n) is 8.69. The summed E-state index contributed by atoms with van der Waals surface area (Å²) in [7, 11) is 0. The first-order valence-corrected chi connectivity index (χ1v) is 10.0. The molecule has 29 heavy (non-hydrogen) atoms. The largest absolute Gasteiger partial charge is 0.362 e. The molecule has 0 N–H and O–H groups in total. The van der Waals surface area contributed by atoms with E-state index in [0.717, 1.165) is 5.69 Å². The van der Waals surface area contributed by atoms with Gasteiger partial charge in [0.05, 0.1) is 16.6 Å². The van der Waals surface area contributed by atoms with Gasteiger partial charge in [-0.25, -0.2) is 4.39 Å². The zero-order valence-electron chi connectivity index (χ0n) is 17.0. The molecule has 2 aromatic rings. The van der Waals surface area contributed by atoms with Crippen molar-refractivity contribution in [3.8, 4) is 6.07 Å². The van der Waals surface area contributed by atoms with E-state index in [1.807, 2.05) is 15.9 Å². The van der Waals surface area contributed by atoms with Gasteiger partial charge in [-0.15, -0.1) is 0 Å². The van der Waals surface area contributed by atoms with Crippen LogP contribution in [0.1, 0.15) is 38.3 Å². The van der Waals surface area contributed by atoms with E-state index in [9.17, 15) is 9.18 Å². The third-order valence-corrected chi connectivity index (χ3v) is 5.32. The summed E-state index contributed by atoms with van der Waals surface area (Å²) in [5.74, 6) is -0.184. The normalized spacial score (nSPS) is 16.8. The number of carbonyl (C=O) groups excluding carboxylic acids is 1. The first kappa shape index (κ1) is 21.1. The molecular weight excluding hydrogens is 389 g/mol. The molecule has 4 nitrogen and oxygen atoms in total. The third kappa shape index (κ3) is 5.07. The van der Waals surface area contributed by atoms with Crippen molar-refractivity contribution in [2.45, 2.75) is 39.8 Å². The highest BCUT2D eigenvalue weighted by Crippen LogP contribution is 2.31. The summed E-state index contributed by atoms with van der Waals surface area (Å²) in [6, 6.07) is 13.8. The van der Waals surface area contributed by atoms with E-state index >= 15 is 0 Å². The van der Waals surface area contributed by atoms with E-state index in [1.54, 1.807) is 30.3 Å². The average molecular weight is 414 g/mol. The van der Waals surface area contributed by atoms with Crippen LogP contribution in [-0.4, -0.2) is 29.9 Å². The Balaban J connectivity index is 1.93. The molecule has 0 aromatic heterocycles. The quantitative estimate of drug-likeness (QED) is 0.692. The summed E-state index contributed by atoms with van der Waals surface area (Å²) in [5.41, 5.74) is 1.71. The Kier molecular flexibility index (Phi) is 6.14. The molecular formula is C23H25ClFN3O. The number of likely N-dealkylation sites (tertiary alicyclic amines) is 1. The number of amides is 1. The first-order valence-electron chi connectivity index (χ1n) is 9.65. The van der Waals surface area contributed by atoms with Gasteiger partial charge in [0, 0.05) is 37.3 Å². The van der Waals surface area contributed by atoms with Gasteiger partial charge in [-0.2, -0.15) is 5.26 Å². The van der Waals surface area contributed by atoms with Gasteiger partial charge >= 0.3 is 0 Å². The summed E-state index contributed by atoms with van der Waals surface area (Å²) in [5, 5.41) is 9.51. The maximum Gasteiger partial charge on any atom is 0.224 e. The molecule has 1 amide bonds. The number of carbonyl (C=O) groups is 1. The van der Waals surface area contributed by atoms with Crippen LogP contribution in [0.15, 0.2) is 42.5 Å². The van der Waals surface area contributed by atoms with Gasteiger partial charge in [0.2, 0.25) is 5.91 Å². The average Bonchev–Trinajstić information content (AvgIpc) is 2.99. The summed E-state index contributed by atoms with van der Waals surface area (Å²) in [6.07, 6.45) is 0.363. The predicted molar refractivity (Wildman–Crippen MR) is 113 cm³/mol. The maximum atomic E-state index is 14.4. The lowest BCUT2D eigenvalue weighted by Crippen LogP contribution is -2.39. The van der Waals surface area contributed by atoms with Gasteiger partial charge < -0.3 is 9.80 Å². The third-order valence-electron chi connectivity index (χ3n) is 5.00. The smallest absolute Gasteiger partial charge is 0.224 e. The summed E-state index contributed by atoms with van der Waals surface area (Å²) >= 11 is 6.26. The zero-order chi connectivity index (χ0) is 21.2. The van der Waals surface area contributed by atoms with Crippen LogP contribution in [0.2, 0.25) is 5.02 Å². The van der Waals surface area contributed by atoms with Crippen molar-refractivity contribution in [3.63, 3.8) is 0 Å². The van der Waals surface area contributed by atoms with Crippen LogP contribution in [0.5, 0.6) is 0 Å². The topological polar surface area (TPSA) is 47.3 Å². The molecule has 0 aliphatic carbocycles. The number of anilines is 1. The molecule has 0 unspecified atom stereocenters. The molecule has 1 aliphatic rings. The molecule has 6 heteroatoms. The fourth-order valence-electron chi connectivity index (χ4n) is 3.70. The Bertz CT molecular complexity index is 948. The number of benzene rings is 2. The Morgan fingerprint density at radius 3 is 2.62 bits per heavy atom. The molecule has 3 rings (SSSR count). The molecule has 1 atom stereocenters. The Morgan fingerprint density at radius 2 is 2.00 bits per heavy atom. The van der Waals surface area contributed by atoms with Gasteiger partial charge in [0.15, 0.2) is 0 Å². The van der Waals surface area contributed by atoms with Crippen LogP contribution < -0.4 is 4.90 Å². The number of rotatable bonds is 5. The second kappa shape index (κ2) is 8.42. The molecule has 1 aliphatic heterocycles. The summed E-state index contributed by atoms with van der Waals surface area (Å²) in [6.45, 7) is 7.86. The van der Waals surface area contributed by atoms with Crippen LogP contribution in [-0.2, 0) is 11.3 Å². The fraction of sp³-hybridized carbons (Fsp3) is 0.391. The molecule has 2 aromatic carbocycles. The molecule has 0 spiro atoms. The SMILES string of the molecule is CC(C)(C)CN1C[C@@H](N(Cc2ccccc2F)c2ccc(C#N)c(Cl)c2)CC1=O. The molecule has 0 saturated carbocycles. The van der Waals surface area contributed by atoms with Gasteiger partial charge in [-0.3, -0.25) is 4.79 Å². The van der Waals surface area contributed by atoms with Crippen molar-refractivity contribution in [2.24, 2.45) is 5.41 Å². The van der Waals surface area contributed by atoms with Gasteiger partial charge in [-0.05, 0) is 29.7 Å². The van der Waals surface area contributed by atoms with E-state index in [1.165, 1.54) is 6.07 Å². The molecule has 0 radical (unpaired) electrons. The maximum absolute atomic E-state index is 14.4. The number of nitriles is 1. The molecule has 1 fully saturated rings. The molecule has 1 heterocycles. The van der Waals surface area contributed by atoms with E-state index < -0.39 is 0 Å². The lowest BCUT2D eigenvalue weighted by Gasteiger charge is -2.32. The van der Waals surface area contributed by atoms with Crippen LogP contribution in [0.25, 0.3) is 0 Å². The minimum absolute atomic E-state index is 0.00132. The lowest BCUT2D eigenvalue weighted by molar-refractivity contribution is -0.128. The van der Waals surface area contributed by atoms with Crippen molar-refractivity contribution in [1.82, 2.24) is 4.90 Å². The fourth-order valence-corrected chi connectivity index (χ4v) is 3.92. The van der Waals surface area contributed by atoms with E-state index in [-0.39, 0.29) is 23.2 Å². The Labute approximate surface area is 176 Å². The summed E-state index contributed by atoms with van der Waals surface area (Å²) < 4.78 is 14.4. The number of hydrogen-bond acceptors (Lipinski definition) is 3. The van der Waals surface area contributed by atoms with Crippen LogP contribution in [0, 0.1) is 22.6 Å². The van der Waals surface area contributed by atoms with Crippen molar-refractivity contribution < 1.29 is 9.18 Å². The summed E-state index contributed by atoms with van der Waals surface area (Å²) in [4.78, 5) is 16.5. The van der Waals surface area contributed by atoms with E-state index in [4.69, 9.17) is 16.9 Å². The van der Waals surface area contributed by atoms with Crippen LogP contribution in [0.3, 0.4) is 0 Å². The highest BCUT2D eigenvalue weighted by atomic mass is 35.5. The van der Waals surface area contributed by atoms with Gasteiger partial charge in [-0.1, -0.05) is 50.6 Å². The van der Waals surface area contributed by atoms with E-state index in [0.29, 0.717) is 42.2 Å². The number of halogens is 2. The lowest BCUT2D eigenvalue weighted by atomic mass is 9.96. The Hall–Kier alpha value is -2.58. The predicted octanol–water partition coefficient (Wildman–Crippen LogP) is 5.00. The monoisotopic (exact) mass is 413 g/mol. The van der Waals surface area contributed by atoms with E-state index in [2.05, 4.69) is 26.8 Å². The number of nitrogens with zero attached hydrogens (tertiary/aromatic N) is 3. The zero-order valence-corrected chi connectivity index (χ0v) is 17.7. The number of hydrogen-bond donors (Lipinski definition) is 0. The van der Waals surface area contributed by atoms with Gasteiger partial charge in [0.25, 0.3) is 0 Å².